The van der Waals surface area contributed by atoms with Gasteiger partial charge in [0, 0.05) is 36.7 Å². The number of carbonyl (C=O) groups is 1. The number of aromatic nitrogens is 4. The van der Waals surface area contributed by atoms with Crippen LogP contribution in [0.1, 0.15) is 27.2 Å². The highest BCUT2D eigenvalue weighted by Gasteiger charge is 2.29. The summed E-state index contributed by atoms with van der Waals surface area (Å²) in [6.07, 6.45) is 6.39. The van der Waals surface area contributed by atoms with Gasteiger partial charge in [0.15, 0.2) is 5.82 Å². The summed E-state index contributed by atoms with van der Waals surface area (Å²) in [5, 5.41) is 15.5. The van der Waals surface area contributed by atoms with E-state index < -0.39 is 0 Å². The number of amides is 1. The molecule has 0 bridgehead atoms. The molecule has 1 amide bonds. The summed E-state index contributed by atoms with van der Waals surface area (Å²) in [7, 11) is 0. The average Bonchev–Trinajstić information content (AvgIpc) is 3.39. The summed E-state index contributed by atoms with van der Waals surface area (Å²) < 4.78 is 1.96. The molecular formula is C22H26N6O. The number of benzene rings is 1. The van der Waals surface area contributed by atoms with Crippen LogP contribution in [0.4, 0.5) is 11.5 Å². The number of carbonyl (C=O) groups excluding carboxylic acids is 1. The first-order chi connectivity index (χ1) is 13.9. The molecule has 1 N–H and O–H groups in total. The summed E-state index contributed by atoms with van der Waals surface area (Å²) in [6.45, 7) is 7.84. The topological polar surface area (TPSA) is 75.9 Å². The van der Waals surface area contributed by atoms with Gasteiger partial charge in [0.1, 0.15) is 0 Å². The molecule has 1 saturated heterocycles. The molecule has 0 saturated carbocycles. The zero-order chi connectivity index (χ0) is 20.4. The Hall–Kier alpha value is -3.22. The van der Waals surface area contributed by atoms with E-state index >= 15 is 0 Å². The van der Waals surface area contributed by atoms with Gasteiger partial charge in [0.2, 0.25) is 5.91 Å². The molecular weight excluding hydrogens is 364 g/mol. The molecule has 3 aromatic rings. The van der Waals surface area contributed by atoms with Gasteiger partial charge in [-0.25, -0.2) is 0 Å². The monoisotopic (exact) mass is 390 g/mol. The Labute approximate surface area is 170 Å². The van der Waals surface area contributed by atoms with Crippen molar-refractivity contribution in [3.63, 3.8) is 0 Å². The minimum Gasteiger partial charge on any atom is -0.354 e. The van der Waals surface area contributed by atoms with Crippen LogP contribution in [0.5, 0.6) is 0 Å². The van der Waals surface area contributed by atoms with Gasteiger partial charge in [0.25, 0.3) is 0 Å². The highest BCUT2D eigenvalue weighted by molar-refractivity contribution is 5.93. The zero-order valence-corrected chi connectivity index (χ0v) is 17.0. The summed E-state index contributed by atoms with van der Waals surface area (Å²) in [6, 6.07) is 11.7. The highest BCUT2D eigenvalue weighted by Crippen LogP contribution is 2.25. The van der Waals surface area contributed by atoms with Gasteiger partial charge in [-0.15, -0.1) is 5.10 Å². The maximum absolute atomic E-state index is 12.7. The van der Waals surface area contributed by atoms with E-state index in [2.05, 4.69) is 46.3 Å². The fourth-order valence-electron chi connectivity index (χ4n) is 3.47. The number of hydrogen-bond acceptors (Lipinski definition) is 5. The molecule has 1 unspecified atom stereocenters. The van der Waals surface area contributed by atoms with Crippen molar-refractivity contribution in [1.29, 1.82) is 0 Å². The third-order valence-corrected chi connectivity index (χ3v) is 5.20. The van der Waals surface area contributed by atoms with Crippen LogP contribution in [-0.4, -0.2) is 39.0 Å². The van der Waals surface area contributed by atoms with Crippen molar-refractivity contribution < 1.29 is 4.79 Å². The Morgan fingerprint density at radius 1 is 1.14 bits per heavy atom. The molecule has 3 heterocycles. The smallest absolute Gasteiger partial charge is 0.229 e. The normalized spacial score (nSPS) is 16.8. The molecule has 1 aromatic carbocycles. The van der Waals surface area contributed by atoms with Crippen molar-refractivity contribution in [1.82, 2.24) is 20.0 Å². The van der Waals surface area contributed by atoms with Gasteiger partial charge in [-0.1, -0.05) is 12.1 Å². The quantitative estimate of drug-likeness (QED) is 0.737. The van der Waals surface area contributed by atoms with Crippen LogP contribution in [0.2, 0.25) is 0 Å². The van der Waals surface area contributed by atoms with Gasteiger partial charge in [-0.3, -0.25) is 9.48 Å². The standard InChI is InChI=1S/C22H26N6O/c1-22(2,3)28-15-18(13-24-28)16-6-8-19(9-7-16)25-21(29)17-10-12-27(14-17)20-5-4-11-23-26-20/h4-9,11,13,15,17H,10,12,14H2,1-3H3,(H,25,29). The van der Waals surface area contributed by atoms with Crippen molar-refractivity contribution in [3.05, 3.63) is 55.0 Å². The second kappa shape index (κ2) is 7.66. The fourth-order valence-corrected chi connectivity index (χ4v) is 3.47. The number of rotatable bonds is 4. The first-order valence-corrected chi connectivity index (χ1v) is 9.89. The van der Waals surface area contributed by atoms with E-state index in [9.17, 15) is 4.79 Å². The number of nitrogens with zero attached hydrogens (tertiary/aromatic N) is 5. The van der Waals surface area contributed by atoms with E-state index in [1.54, 1.807) is 6.20 Å². The lowest BCUT2D eigenvalue weighted by atomic mass is 10.1. The Morgan fingerprint density at radius 2 is 1.93 bits per heavy atom. The maximum atomic E-state index is 12.7. The summed E-state index contributed by atoms with van der Waals surface area (Å²) in [5.74, 6) is 0.814. The van der Waals surface area contributed by atoms with Gasteiger partial charge < -0.3 is 10.2 Å². The molecule has 29 heavy (non-hydrogen) atoms. The maximum Gasteiger partial charge on any atom is 0.229 e. The molecule has 0 radical (unpaired) electrons. The molecule has 150 valence electrons. The molecule has 1 aliphatic rings. The molecule has 4 rings (SSSR count). The van der Waals surface area contributed by atoms with Gasteiger partial charge in [-0.05, 0) is 57.0 Å². The summed E-state index contributed by atoms with van der Waals surface area (Å²) in [5.41, 5.74) is 2.90. The summed E-state index contributed by atoms with van der Waals surface area (Å²) >= 11 is 0. The lowest BCUT2D eigenvalue weighted by molar-refractivity contribution is -0.119. The second-order valence-corrected chi connectivity index (χ2v) is 8.42. The van der Waals surface area contributed by atoms with E-state index in [0.717, 1.165) is 35.6 Å². The number of hydrogen-bond donors (Lipinski definition) is 1. The van der Waals surface area contributed by atoms with Crippen LogP contribution < -0.4 is 10.2 Å². The largest absolute Gasteiger partial charge is 0.354 e. The first kappa shape index (κ1) is 19.1. The second-order valence-electron chi connectivity index (χ2n) is 8.42. The SMILES string of the molecule is CC(C)(C)n1cc(-c2ccc(NC(=O)C3CCN(c4cccnn4)C3)cc2)cn1. The molecule has 1 aliphatic heterocycles. The Morgan fingerprint density at radius 3 is 2.59 bits per heavy atom. The molecule has 1 fully saturated rings. The summed E-state index contributed by atoms with van der Waals surface area (Å²) in [4.78, 5) is 14.8. The zero-order valence-electron chi connectivity index (χ0n) is 17.0. The molecule has 0 aliphatic carbocycles. The van der Waals surface area contributed by atoms with Crippen molar-refractivity contribution in [3.8, 4) is 11.1 Å². The van der Waals surface area contributed by atoms with Gasteiger partial charge in [-0.2, -0.15) is 10.2 Å². The van der Waals surface area contributed by atoms with E-state index in [4.69, 9.17) is 0 Å². The lowest BCUT2D eigenvalue weighted by Gasteiger charge is -2.18. The van der Waals surface area contributed by atoms with E-state index in [-0.39, 0.29) is 17.4 Å². The Balaban J connectivity index is 1.38. The van der Waals surface area contributed by atoms with Gasteiger partial charge >= 0.3 is 0 Å². The van der Waals surface area contributed by atoms with Crippen LogP contribution in [0.3, 0.4) is 0 Å². The lowest BCUT2D eigenvalue weighted by Crippen LogP contribution is -2.27. The average molecular weight is 390 g/mol. The molecule has 7 nitrogen and oxygen atoms in total. The predicted octanol–water partition coefficient (Wildman–Crippen LogP) is 3.56. The first-order valence-electron chi connectivity index (χ1n) is 9.89. The van der Waals surface area contributed by atoms with E-state index in [0.29, 0.717) is 6.54 Å². The van der Waals surface area contributed by atoms with Crippen molar-refractivity contribution in [2.24, 2.45) is 5.92 Å². The van der Waals surface area contributed by atoms with Crippen LogP contribution in [0, 0.1) is 5.92 Å². The van der Waals surface area contributed by atoms with Crippen LogP contribution >= 0.6 is 0 Å². The molecule has 1 atom stereocenters. The fraction of sp³-hybridized carbons (Fsp3) is 0.364. The third-order valence-electron chi connectivity index (χ3n) is 5.20. The predicted molar refractivity (Wildman–Crippen MR) is 114 cm³/mol. The van der Waals surface area contributed by atoms with Crippen molar-refractivity contribution >= 4 is 17.4 Å². The van der Waals surface area contributed by atoms with E-state index in [1.165, 1.54) is 0 Å². The third kappa shape index (κ3) is 4.29. The Bertz CT molecular complexity index is 975. The Kier molecular flexibility index (Phi) is 5.05. The van der Waals surface area contributed by atoms with Gasteiger partial charge in [0.05, 0.1) is 17.7 Å². The number of anilines is 2. The minimum absolute atomic E-state index is 0.0460. The highest BCUT2D eigenvalue weighted by atomic mass is 16.1. The van der Waals surface area contributed by atoms with Crippen LogP contribution in [0.25, 0.3) is 11.1 Å². The number of nitrogens with one attached hydrogen (secondary N) is 1. The van der Waals surface area contributed by atoms with Crippen LogP contribution in [0.15, 0.2) is 55.0 Å². The van der Waals surface area contributed by atoms with E-state index in [1.807, 2.05) is 53.5 Å². The van der Waals surface area contributed by atoms with Crippen molar-refractivity contribution in [2.75, 3.05) is 23.3 Å². The van der Waals surface area contributed by atoms with Crippen molar-refractivity contribution in [2.45, 2.75) is 32.7 Å². The molecule has 7 heteroatoms. The van der Waals surface area contributed by atoms with Crippen LogP contribution in [-0.2, 0) is 10.3 Å². The minimum atomic E-state index is -0.0540. The molecule has 2 aromatic heterocycles. The molecule has 0 spiro atoms.